The van der Waals surface area contributed by atoms with E-state index in [0.29, 0.717) is 54.7 Å². The smallest absolute Gasteiger partial charge is 0.220 e. The summed E-state index contributed by atoms with van der Waals surface area (Å²) in [6.07, 6.45) is 0.812. The summed E-state index contributed by atoms with van der Waals surface area (Å²) in [4.78, 5) is 12.5. The van der Waals surface area contributed by atoms with Gasteiger partial charge in [0.1, 0.15) is 6.61 Å². The van der Waals surface area contributed by atoms with Crippen LogP contribution >= 0.6 is 0 Å². The minimum absolute atomic E-state index is 0.0693. The predicted molar refractivity (Wildman–Crippen MR) is 130 cm³/mol. The van der Waals surface area contributed by atoms with E-state index >= 15 is 0 Å². The van der Waals surface area contributed by atoms with E-state index in [9.17, 15) is 4.79 Å². The van der Waals surface area contributed by atoms with E-state index in [4.69, 9.17) is 23.7 Å². The highest BCUT2D eigenvalue weighted by Crippen LogP contribution is 2.40. The van der Waals surface area contributed by atoms with Gasteiger partial charge in [0.2, 0.25) is 11.7 Å². The molecule has 0 atom stereocenters. The van der Waals surface area contributed by atoms with Crippen LogP contribution in [0.5, 0.6) is 28.7 Å². The minimum Gasteiger partial charge on any atom is -0.493 e. The Labute approximate surface area is 200 Å². The van der Waals surface area contributed by atoms with Gasteiger partial charge in [-0.05, 0) is 41.3 Å². The molecule has 0 saturated heterocycles. The average Bonchev–Trinajstić information content (AvgIpc) is 2.89. The zero-order valence-corrected chi connectivity index (χ0v) is 20.1. The van der Waals surface area contributed by atoms with Crippen LogP contribution in [-0.4, -0.2) is 34.3 Å². The molecule has 1 N–H and O–H groups in total. The normalized spacial score (nSPS) is 10.4. The van der Waals surface area contributed by atoms with Crippen molar-refractivity contribution in [2.45, 2.75) is 26.0 Å². The summed E-state index contributed by atoms with van der Waals surface area (Å²) < 4.78 is 27.6. The molecule has 3 aromatic rings. The summed E-state index contributed by atoms with van der Waals surface area (Å²) in [5.41, 5.74) is 2.87. The Kier molecular flexibility index (Phi) is 9.03. The van der Waals surface area contributed by atoms with Crippen LogP contribution in [0.3, 0.4) is 0 Å². The molecule has 0 aliphatic heterocycles. The molecule has 0 bridgehead atoms. The van der Waals surface area contributed by atoms with Crippen LogP contribution in [0, 0.1) is 0 Å². The number of hydrogen-bond acceptors (Lipinski definition) is 6. The quantitative estimate of drug-likeness (QED) is 0.423. The van der Waals surface area contributed by atoms with Gasteiger partial charge in [-0.1, -0.05) is 42.5 Å². The van der Waals surface area contributed by atoms with Gasteiger partial charge < -0.3 is 29.0 Å². The van der Waals surface area contributed by atoms with Crippen molar-refractivity contribution in [3.8, 4) is 28.7 Å². The van der Waals surface area contributed by atoms with Gasteiger partial charge in [0.25, 0.3) is 0 Å². The van der Waals surface area contributed by atoms with E-state index in [1.807, 2.05) is 60.7 Å². The fourth-order valence-corrected chi connectivity index (χ4v) is 3.57. The number of aryl methyl sites for hydroxylation is 1. The third kappa shape index (κ3) is 6.34. The maximum absolute atomic E-state index is 12.5. The number of methoxy groups -OCH3 is 4. The van der Waals surface area contributed by atoms with Gasteiger partial charge in [-0.2, -0.15) is 0 Å². The van der Waals surface area contributed by atoms with E-state index in [1.54, 1.807) is 28.4 Å². The monoisotopic (exact) mass is 465 g/mol. The molecule has 3 aromatic carbocycles. The number of benzene rings is 3. The third-order valence-electron chi connectivity index (χ3n) is 5.36. The lowest BCUT2D eigenvalue weighted by Gasteiger charge is -2.16. The molecule has 0 unspecified atom stereocenters. The molecule has 0 aliphatic carbocycles. The number of carbonyl (C=O) groups excluding carboxylic acids is 1. The summed E-state index contributed by atoms with van der Waals surface area (Å²) in [6.45, 7) is 0.837. The molecule has 0 spiro atoms. The van der Waals surface area contributed by atoms with Crippen LogP contribution in [0.4, 0.5) is 0 Å². The van der Waals surface area contributed by atoms with Crippen LogP contribution in [-0.2, 0) is 24.4 Å². The van der Waals surface area contributed by atoms with Crippen LogP contribution < -0.4 is 29.0 Å². The Morgan fingerprint density at radius 2 is 1.44 bits per heavy atom. The molecule has 34 heavy (non-hydrogen) atoms. The Hall–Kier alpha value is -3.87. The minimum atomic E-state index is -0.0693. The van der Waals surface area contributed by atoms with Crippen LogP contribution in [0.25, 0.3) is 0 Å². The second-order valence-electron chi connectivity index (χ2n) is 7.53. The predicted octanol–water partition coefficient (Wildman–Crippen LogP) is 4.55. The van der Waals surface area contributed by atoms with Crippen LogP contribution in [0.15, 0.2) is 60.7 Å². The molecule has 1 amide bonds. The molecule has 7 heteroatoms. The van der Waals surface area contributed by atoms with E-state index in [2.05, 4.69) is 5.32 Å². The highest BCUT2D eigenvalue weighted by atomic mass is 16.5. The molecule has 3 rings (SSSR count). The van der Waals surface area contributed by atoms with Gasteiger partial charge >= 0.3 is 0 Å². The number of amides is 1. The maximum atomic E-state index is 12.5. The average molecular weight is 466 g/mol. The first-order valence-electron chi connectivity index (χ1n) is 11.0. The summed E-state index contributed by atoms with van der Waals surface area (Å²) >= 11 is 0. The Bertz CT molecular complexity index is 1080. The summed E-state index contributed by atoms with van der Waals surface area (Å²) in [5, 5.41) is 2.95. The van der Waals surface area contributed by atoms with Crippen molar-refractivity contribution >= 4 is 5.91 Å². The first-order valence-corrected chi connectivity index (χ1v) is 11.0. The summed E-state index contributed by atoms with van der Waals surface area (Å²) in [5.74, 6) is 2.88. The van der Waals surface area contributed by atoms with E-state index < -0.39 is 0 Å². The van der Waals surface area contributed by atoms with Gasteiger partial charge in [0, 0.05) is 13.0 Å². The van der Waals surface area contributed by atoms with Gasteiger partial charge in [-0.3, -0.25) is 4.79 Å². The standard InChI is InChI=1S/C27H31NO6/c1-30-23-14-11-21(26(32-3)27(23)33-4)12-15-25(29)28-17-20-10-13-22(24(16-20)31-2)34-18-19-8-6-5-7-9-19/h5-11,13-14,16H,12,15,17-18H2,1-4H3,(H,28,29). The van der Waals surface area contributed by atoms with Crippen LogP contribution in [0.1, 0.15) is 23.1 Å². The lowest BCUT2D eigenvalue weighted by atomic mass is 10.1. The second kappa shape index (κ2) is 12.4. The molecule has 0 heterocycles. The lowest BCUT2D eigenvalue weighted by Crippen LogP contribution is -2.23. The van der Waals surface area contributed by atoms with Gasteiger partial charge in [-0.25, -0.2) is 0 Å². The van der Waals surface area contributed by atoms with Crippen molar-refractivity contribution < 1.29 is 28.5 Å². The number of hydrogen-bond donors (Lipinski definition) is 1. The molecule has 0 fully saturated rings. The van der Waals surface area contributed by atoms with Crippen molar-refractivity contribution in [3.05, 3.63) is 77.4 Å². The largest absolute Gasteiger partial charge is 0.493 e. The van der Waals surface area contributed by atoms with E-state index in [1.165, 1.54) is 0 Å². The summed E-state index contributed by atoms with van der Waals surface area (Å²) in [6, 6.07) is 19.3. The van der Waals surface area contributed by atoms with E-state index in [-0.39, 0.29) is 5.91 Å². The number of ether oxygens (including phenoxy) is 5. The fourth-order valence-electron chi connectivity index (χ4n) is 3.57. The van der Waals surface area contributed by atoms with Gasteiger partial charge in [-0.15, -0.1) is 0 Å². The highest BCUT2D eigenvalue weighted by Gasteiger charge is 2.16. The zero-order chi connectivity index (χ0) is 24.3. The summed E-state index contributed by atoms with van der Waals surface area (Å²) in [7, 11) is 6.30. The van der Waals surface area contributed by atoms with Gasteiger partial charge in [0.15, 0.2) is 23.0 Å². The molecule has 7 nitrogen and oxygen atoms in total. The lowest BCUT2D eigenvalue weighted by molar-refractivity contribution is -0.121. The second-order valence-corrected chi connectivity index (χ2v) is 7.53. The molecule has 0 aliphatic rings. The maximum Gasteiger partial charge on any atom is 0.220 e. The first kappa shape index (κ1) is 24.8. The molecule has 0 aromatic heterocycles. The van der Waals surface area contributed by atoms with E-state index in [0.717, 1.165) is 16.7 Å². The first-order chi connectivity index (χ1) is 16.6. The number of rotatable bonds is 12. The molecular weight excluding hydrogens is 434 g/mol. The fraction of sp³-hybridized carbons (Fsp3) is 0.296. The van der Waals surface area contributed by atoms with Crippen LogP contribution in [0.2, 0.25) is 0 Å². The number of carbonyl (C=O) groups is 1. The van der Waals surface area contributed by atoms with Crippen molar-refractivity contribution in [1.29, 1.82) is 0 Å². The molecular formula is C27H31NO6. The Morgan fingerprint density at radius 3 is 2.12 bits per heavy atom. The van der Waals surface area contributed by atoms with Crippen molar-refractivity contribution in [1.82, 2.24) is 5.32 Å². The molecule has 0 saturated carbocycles. The third-order valence-corrected chi connectivity index (χ3v) is 5.36. The topological polar surface area (TPSA) is 75.3 Å². The van der Waals surface area contributed by atoms with Gasteiger partial charge in [0.05, 0.1) is 28.4 Å². The zero-order valence-electron chi connectivity index (χ0n) is 20.1. The van der Waals surface area contributed by atoms with Crippen molar-refractivity contribution in [2.24, 2.45) is 0 Å². The Morgan fingerprint density at radius 1 is 0.735 bits per heavy atom. The van der Waals surface area contributed by atoms with Crippen molar-refractivity contribution in [2.75, 3.05) is 28.4 Å². The SMILES string of the molecule is COc1cc(CNC(=O)CCc2ccc(OC)c(OC)c2OC)ccc1OCc1ccccc1. The Balaban J connectivity index is 1.55. The molecule has 180 valence electrons. The number of nitrogens with one attached hydrogen (secondary N) is 1. The highest BCUT2D eigenvalue weighted by molar-refractivity contribution is 5.76. The van der Waals surface area contributed by atoms with Crippen molar-refractivity contribution in [3.63, 3.8) is 0 Å². The molecule has 0 radical (unpaired) electrons.